The van der Waals surface area contributed by atoms with Gasteiger partial charge in [0, 0.05) is 11.8 Å². The van der Waals surface area contributed by atoms with Crippen molar-refractivity contribution in [1.82, 2.24) is 0 Å². The molecule has 1 rings (SSSR count). The predicted octanol–water partition coefficient (Wildman–Crippen LogP) is 3.76. The lowest BCUT2D eigenvalue weighted by atomic mass is 9.87. The van der Waals surface area contributed by atoms with Crippen molar-refractivity contribution in [2.24, 2.45) is 5.41 Å². The van der Waals surface area contributed by atoms with Crippen molar-refractivity contribution in [2.75, 3.05) is 0 Å². The van der Waals surface area contributed by atoms with Crippen LogP contribution in [-0.2, 0) is 11.2 Å². The lowest BCUT2D eigenvalue weighted by Crippen LogP contribution is -2.19. The van der Waals surface area contributed by atoms with E-state index < -0.39 is 0 Å². The lowest BCUT2D eigenvalue weighted by Gasteiger charge is -2.16. The quantitative estimate of drug-likeness (QED) is 0.758. The van der Waals surface area contributed by atoms with Gasteiger partial charge >= 0.3 is 0 Å². The van der Waals surface area contributed by atoms with Crippen LogP contribution in [0, 0.1) is 11.2 Å². The predicted molar refractivity (Wildman–Crippen MR) is 63.8 cm³/mol. The Labute approximate surface area is 96.7 Å². The van der Waals surface area contributed by atoms with Gasteiger partial charge in [0.05, 0.1) is 0 Å². The van der Waals surface area contributed by atoms with Gasteiger partial charge in [-0.1, -0.05) is 32.9 Å². The van der Waals surface area contributed by atoms with Gasteiger partial charge < -0.3 is 0 Å². The van der Waals surface area contributed by atoms with Gasteiger partial charge in [-0.15, -0.1) is 0 Å². The first kappa shape index (κ1) is 12.9. The van der Waals surface area contributed by atoms with Crippen molar-refractivity contribution < 1.29 is 9.18 Å². The maximum absolute atomic E-state index is 12.6. The highest BCUT2D eigenvalue weighted by atomic mass is 19.1. The molecular weight excluding hydrogens is 203 g/mol. The van der Waals surface area contributed by atoms with Crippen LogP contribution in [0.1, 0.15) is 39.2 Å². The van der Waals surface area contributed by atoms with Gasteiger partial charge in [0.15, 0.2) is 0 Å². The van der Waals surface area contributed by atoms with Gasteiger partial charge in [0.2, 0.25) is 0 Å². The van der Waals surface area contributed by atoms with Crippen LogP contribution in [-0.4, -0.2) is 5.78 Å². The second kappa shape index (κ2) is 5.24. The summed E-state index contributed by atoms with van der Waals surface area (Å²) in [5, 5.41) is 0. The van der Waals surface area contributed by atoms with Crippen LogP contribution in [0.25, 0.3) is 0 Å². The van der Waals surface area contributed by atoms with E-state index in [0.29, 0.717) is 6.42 Å². The Hall–Kier alpha value is -1.18. The molecule has 88 valence electrons. The zero-order valence-corrected chi connectivity index (χ0v) is 10.2. The van der Waals surface area contributed by atoms with Crippen molar-refractivity contribution in [3.63, 3.8) is 0 Å². The molecule has 0 atom stereocenters. The van der Waals surface area contributed by atoms with E-state index in [1.54, 1.807) is 12.1 Å². The Kier molecular flexibility index (Phi) is 4.22. The highest BCUT2D eigenvalue weighted by Crippen LogP contribution is 2.18. The maximum atomic E-state index is 12.6. The number of halogens is 1. The first-order valence-corrected chi connectivity index (χ1v) is 5.67. The van der Waals surface area contributed by atoms with Crippen LogP contribution in [0.15, 0.2) is 24.3 Å². The third-order valence-electron chi connectivity index (χ3n) is 2.62. The Morgan fingerprint density at radius 2 is 1.75 bits per heavy atom. The molecular formula is C14H19FO. The molecule has 0 spiro atoms. The molecule has 0 amide bonds. The van der Waals surface area contributed by atoms with Crippen molar-refractivity contribution in [3.8, 4) is 0 Å². The number of rotatable bonds is 4. The van der Waals surface area contributed by atoms with E-state index >= 15 is 0 Å². The number of ketones is 1. The van der Waals surface area contributed by atoms with E-state index in [2.05, 4.69) is 0 Å². The lowest BCUT2D eigenvalue weighted by molar-refractivity contribution is -0.126. The standard InChI is InChI=1S/C14H19FO/c1-14(2,3)13(16)6-4-5-11-7-9-12(15)10-8-11/h7-10H,4-6H2,1-3H3. The molecule has 0 saturated heterocycles. The zero-order valence-electron chi connectivity index (χ0n) is 10.2. The summed E-state index contributed by atoms with van der Waals surface area (Å²) in [5.41, 5.74) is 0.839. The third-order valence-corrected chi connectivity index (χ3v) is 2.62. The smallest absolute Gasteiger partial charge is 0.138 e. The van der Waals surface area contributed by atoms with Gasteiger partial charge in [-0.25, -0.2) is 4.39 Å². The first-order chi connectivity index (χ1) is 7.39. The number of carbonyl (C=O) groups is 1. The fraction of sp³-hybridized carbons (Fsp3) is 0.500. The Morgan fingerprint density at radius 1 is 1.19 bits per heavy atom. The molecule has 16 heavy (non-hydrogen) atoms. The second-order valence-corrected chi connectivity index (χ2v) is 5.15. The minimum absolute atomic E-state index is 0.213. The molecule has 0 bridgehead atoms. The van der Waals surface area contributed by atoms with Crippen LogP contribution in [0.3, 0.4) is 0 Å². The molecule has 0 N–H and O–H groups in total. The second-order valence-electron chi connectivity index (χ2n) is 5.15. The van der Waals surface area contributed by atoms with E-state index in [1.165, 1.54) is 12.1 Å². The minimum atomic E-state index is -0.247. The molecule has 0 fully saturated rings. The number of hydrogen-bond donors (Lipinski definition) is 0. The van der Waals surface area contributed by atoms with Crippen molar-refractivity contribution in [2.45, 2.75) is 40.0 Å². The molecule has 2 heteroatoms. The molecule has 0 radical (unpaired) electrons. The average Bonchev–Trinajstić information content (AvgIpc) is 2.19. The zero-order chi connectivity index (χ0) is 12.2. The van der Waals surface area contributed by atoms with Gasteiger partial charge in [0.25, 0.3) is 0 Å². The van der Waals surface area contributed by atoms with Crippen molar-refractivity contribution in [1.29, 1.82) is 0 Å². The summed E-state index contributed by atoms with van der Waals surface area (Å²) in [6.07, 6.45) is 2.27. The Bertz CT molecular complexity index is 346. The molecule has 0 saturated carbocycles. The minimum Gasteiger partial charge on any atom is -0.299 e. The summed E-state index contributed by atoms with van der Waals surface area (Å²) in [6.45, 7) is 5.81. The number of Topliss-reactive ketones (excluding diaryl/α,β-unsaturated/α-hetero) is 1. The summed E-state index contributed by atoms with van der Waals surface area (Å²) in [4.78, 5) is 11.6. The molecule has 0 aliphatic carbocycles. The van der Waals surface area contributed by atoms with E-state index in [-0.39, 0.29) is 17.0 Å². The fourth-order valence-corrected chi connectivity index (χ4v) is 1.48. The maximum Gasteiger partial charge on any atom is 0.138 e. The highest BCUT2D eigenvalue weighted by molar-refractivity contribution is 5.83. The molecule has 0 unspecified atom stereocenters. The van der Waals surface area contributed by atoms with Gasteiger partial charge in [-0.3, -0.25) is 4.79 Å². The van der Waals surface area contributed by atoms with E-state index in [4.69, 9.17) is 0 Å². The van der Waals surface area contributed by atoms with Crippen LogP contribution >= 0.6 is 0 Å². The number of benzene rings is 1. The molecule has 0 aliphatic heterocycles. The Balaban J connectivity index is 2.36. The third kappa shape index (κ3) is 4.13. The molecule has 1 aromatic carbocycles. The van der Waals surface area contributed by atoms with E-state index in [9.17, 15) is 9.18 Å². The van der Waals surface area contributed by atoms with Gasteiger partial charge in [-0.2, -0.15) is 0 Å². The molecule has 1 aromatic rings. The number of aryl methyl sites for hydroxylation is 1. The number of carbonyl (C=O) groups excluding carboxylic acids is 1. The summed E-state index contributed by atoms with van der Waals surface area (Å²) >= 11 is 0. The topological polar surface area (TPSA) is 17.1 Å². The molecule has 0 heterocycles. The van der Waals surface area contributed by atoms with Crippen LogP contribution in [0.5, 0.6) is 0 Å². The average molecular weight is 222 g/mol. The van der Waals surface area contributed by atoms with Crippen LogP contribution in [0.4, 0.5) is 4.39 Å². The monoisotopic (exact) mass is 222 g/mol. The normalized spacial score (nSPS) is 11.5. The largest absolute Gasteiger partial charge is 0.299 e. The highest BCUT2D eigenvalue weighted by Gasteiger charge is 2.19. The number of hydrogen-bond acceptors (Lipinski definition) is 1. The summed E-state index contributed by atoms with van der Waals surface area (Å²) in [7, 11) is 0. The molecule has 0 aliphatic rings. The van der Waals surface area contributed by atoms with E-state index in [1.807, 2.05) is 20.8 Å². The van der Waals surface area contributed by atoms with Gasteiger partial charge in [0.1, 0.15) is 11.6 Å². The SMILES string of the molecule is CC(C)(C)C(=O)CCCc1ccc(F)cc1. The summed E-state index contributed by atoms with van der Waals surface area (Å²) in [5.74, 6) is 0.0733. The van der Waals surface area contributed by atoms with Crippen LogP contribution < -0.4 is 0 Å². The van der Waals surface area contributed by atoms with E-state index in [0.717, 1.165) is 18.4 Å². The first-order valence-electron chi connectivity index (χ1n) is 5.67. The molecule has 0 aromatic heterocycles. The fourth-order valence-electron chi connectivity index (χ4n) is 1.48. The van der Waals surface area contributed by atoms with Crippen LogP contribution in [0.2, 0.25) is 0 Å². The van der Waals surface area contributed by atoms with Gasteiger partial charge in [-0.05, 0) is 30.5 Å². The summed E-state index contributed by atoms with van der Waals surface area (Å²) < 4.78 is 12.6. The van der Waals surface area contributed by atoms with Crippen molar-refractivity contribution >= 4 is 5.78 Å². The molecule has 1 nitrogen and oxygen atoms in total. The van der Waals surface area contributed by atoms with Crippen molar-refractivity contribution in [3.05, 3.63) is 35.6 Å². The Morgan fingerprint density at radius 3 is 2.25 bits per heavy atom. The summed E-state index contributed by atoms with van der Waals surface area (Å²) in [6, 6.07) is 6.47.